The maximum atomic E-state index is 11.9. The molecule has 0 saturated heterocycles. The standard InChI is InChI=1S/C13H17N3O3S/c1-15(2)12(17)7-16-9-6-11(19-4)10(18-3)5-8(9)14-13(16)20/h5-6H,7H2,1-4H3,(H,14,20). The number of nitrogens with one attached hydrogen (secondary N) is 1. The van der Waals surface area contributed by atoms with E-state index in [9.17, 15) is 4.79 Å². The molecule has 0 fully saturated rings. The largest absolute Gasteiger partial charge is 0.493 e. The molecule has 1 aromatic heterocycles. The molecule has 0 bridgehead atoms. The highest BCUT2D eigenvalue weighted by Crippen LogP contribution is 2.31. The fraction of sp³-hybridized carbons (Fsp3) is 0.385. The van der Waals surface area contributed by atoms with Crippen molar-refractivity contribution < 1.29 is 14.3 Å². The molecule has 0 aliphatic rings. The van der Waals surface area contributed by atoms with Gasteiger partial charge in [-0.25, -0.2) is 0 Å². The Kier molecular flexibility index (Phi) is 3.99. The number of nitrogens with zero attached hydrogens (tertiary/aromatic N) is 2. The average Bonchev–Trinajstić information content (AvgIpc) is 2.72. The minimum Gasteiger partial charge on any atom is -0.493 e. The number of amides is 1. The van der Waals surface area contributed by atoms with Crippen LogP contribution >= 0.6 is 12.2 Å². The number of carbonyl (C=O) groups is 1. The number of H-pyrrole nitrogens is 1. The number of aromatic amines is 1. The van der Waals surface area contributed by atoms with Crippen LogP contribution in [0.3, 0.4) is 0 Å². The van der Waals surface area contributed by atoms with E-state index in [2.05, 4.69) is 4.98 Å². The Morgan fingerprint density at radius 1 is 1.30 bits per heavy atom. The van der Waals surface area contributed by atoms with Gasteiger partial charge in [-0.3, -0.25) is 4.79 Å². The van der Waals surface area contributed by atoms with Gasteiger partial charge in [0.25, 0.3) is 0 Å². The van der Waals surface area contributed by atoms with E-state index in [-0.39, 0.29) is 12.5 Å². The van der Waals surface area contributed by atoms with E-state index < -0.39 is 0 Å². The Labute approximate surface area is 121 Å². The van der Waals surface area contributed by atoms with Crippen LogP contribution in [0.15, 0.2) is 12.1 Å². The summed E-state index contributed by atoms with van der Waals surface area (Å²) in [5, 5.41) is 0. The fourth-order valence-corrected chi connectivity index (χ4v) is 2.19. The Bertz CT molecular complexity index is 703. The zero-order chi connectivity index (χ0) is 14.9. The van der Waals surface area contributed by atoms with Gasteiger partial charge in [0.15, 0.2) is 16.3 Å². The number of aromatic nitrogens is 2. The molecule has 0 radical (unpaired) electrons. The predicted molar refractivity (Wildman–Crippen MR) is 78.9 cm³/mol. The van der Waals surface area contributed by atoms with Crippen molar-refractivity contribution in [2.24, 2.45) is 0 Å². The van der Waals surface area contributed by atoms with Crippen LogP contribution in [-0.2, 0) is 11.3 Å². The van der Waals surface area contributed by atoms with Gasteiger partial charge in [-0.2, -0.15) is 0 Å². The van der Waals surface area contributed by atoms with Gasteiger partial charge in [0, 0.05) is 26.2 Å². The number of likely N-dealkylation sites (N-methyl/N-ethyl adjacent to an activating group) is 1. The number of fused-ring (bicyclic) bond motifs is 1. The molecule has 2 rings (SSSR count). The molecule has 0 aliphatic heterocycles. The second-order valence-corrected chi connectivity index (χ2v) is 4.92. The Morgan fingerprint density at radius 2 is 1.90 bits per heavy atom. The van der Waals surface area contributed by atoms with E-state index in [0.717, 1.165) is 11.0 Å². The van der Waals surface area contributed by atoms with Crippen LogP contribution in [0.5, 0.6) is 11.5 Å². The SMILES string of the molecule is COc1cc2[nH]c(=S)n(CC(=O)N(C)C)c2cc1OC. The minimum atomic E-state index is -0.0308. The van der Waals surface area contributed by atoms with E-state index in [1.165, 1.54) is 4.90 Å². The van der Waals surface area contributed by atoms with Crippen molar-refractivity contribution >= 4 is 29.2 Å². The molecule has 6 nitrogen and oxygen atoms in total. The summed E-state index contributed by atoms with van der Waals surface area (Å²) < 4.78 is 12.8. The minimum absolute atomic E-state index is 0.0308. The van der Waals surface area contributed by atoms with Crippen molar-refractivity contribution in [3.63, 3.8) is 0 Å². The molecule has 1 heterocycles. The predicted octanol–water partition coefficient (Wildman–Crippen LogP) is 1.80. The van der Waals surface area contributed by atoms with E-state index in [4.69, 9.17) is 21.7 Å². The van der Waals surface area contributed by atoms with Crippen LogP contribution in [0.25, 0.3) is 11.0 Å². The summed E-state index contributed by atoms with van der Waals surface area (Å²) in [6.45, 7) is 0.182. The van der Waals surface area contributed by atoms with Gasteiger partial charge < -0.3 is 23.9 Å². The number of carbonyl (C=O) groups excluding carboxylic acids is 1. The van der Waals surface area contributed by atoms with Crippen molar-refractivity contribution in [3.05, 3.63) is 16.9 Å². The lowest BCUT2D eigenvalue weighted by Gasteiger charge is -2.12. The number of benzene rings is 1. The zero-order valence-corrected chi connectivity index (χ0v) is 12.7. The lowest BCUT2D eigenvalue weighted by Crippen LogP contribution is -2.26. The third kappa shape index (κ3) is 2.49. The van der Waals surface area contributed by atoms with Crippen LogP contribution in [-0.4, -0.2) is 48.7 Å². The van der Waals surface area contributed by atoms with Crippen molar-refractivity contribution in [3.8, 4) is 11.5 Å². The van der Waals surface area contributed by atoms with Crippen molar-refractivity contribution in [1.82, 2.24) is 14.5 Å². The summed E-state index contributed by atoms with van der Waals surface area (Å²) in [4.78, 5) is 16.5. The van der Waals surface area contributed by atoms with Crippen LogP contribution in [0.1, 0.15) is 0 Å². The first-order valence-corrected chi connectivity index (χ1v) is 6.43. The number of hydrogen-bond donors (Lipinski definition) is 1. The van der Waals surface area contributed by atoms with Crippen LogP contribution in [0.4, 0.5) is 0 Å². The van der Waals surface area contributed by atoms with E-state index in [1.54, 1.807) is 38.9 Å². The Balaban J connectivity index is 2.58. The van der Waals surface area contributed by atoms with Gasteiger partial charge >= 0.3 is 0 Å². The summed E-state index contributed by atoms with van der Waals surface area (Å²) in [5.74, 6) is 1.18. The summed E-state index contributed by atoms with van der Waals surface area (Å²) in [6.07, 6.45) is 0. The number of rotatable bonds is 4. The first kappa shape index (κ1) is 14.4. The lowest BCUT2D eigenvalue weighted by molar-refractivity contribution is -0.129. The first-order chi connectivity index (χ1) is 9.47. The third-order valence-electron chi connectivity index (χ3n) is 3.07. The number of ether oxygens (including phenoxy) is 2. The molecule has 1 amide bonds. The monoisotopic (exact) mass is 295 g/mol. The second kappa shape index (κ2) is 5.54. The van der Waals surface area contributed by atoms with E-state index >= 15 is 0 Å². The molecule has 108 valence electrons. The summed E-state index contributed by atoms with van der Waals surface area (Å²) in [6, 6.07) is 3.62. The van der Waals surface area contributed by atoms with Gasteiger partial charge in [-0.1, -0.05) is 0 Å². The first-order valence-electron chi connectivity index (χ1n) is 6.02. The molecule has 20 heavy (non-hydrogen) atoms. The quantitative estimate of drug-likeness (QED) is 0.874. The van der Waals surface area contributed by atoms with Gasteiger partial charge in [0.1, 0.15) is 6.54 Å². The number of imidazole rings is 1. The molecule has 0 unspecified atom stereocenters. The Hall–Kier alpha value is -2.02. The number of hydrogen-bond acceptors (Lipinski definition) is 4. The molecule has 0 aliphatic carbocycles. The molecule has 7 heteroatoms. The molecule has 1 aromatic carbocycles. The second-order valence-electron chi connectivity index (χ2n) is 4.53. The molecule has 0 saturated carbocycles. The zero-order valence-electron chi connectivity index (χ0n) is 11.9. The third-order valence-corrected chi connectivity index (χ3v) is 3.39. The lowest BCUT2D eigenvalue weighted by atomic mass is 10.2. The molecular formula is C13H17N3O3S. The number of methoxy groups -OCH3 is 2. The van der Waals surface area contributed by atoms with Crippen LogP contribution in [0.2, 0.25) is 0 Å². The van der Waals surface area contributed by atoms with Gasteiger partial charge in [-0.05, 0) is 12.2 Å². The fourth-order valence-electron chi connectivity index (χ4n) is 1.92. The van der Waals surface area contributed by atoms with Crippen LogP contribution in [0, 0.1) is 4.77 Å². The highest BCUT2D eigenvalue weighted by molar-refractivity contribution is 7.71. The maximum absolute atomic E-state index is 11.9. The normalized spacial score (nSPS) is 10.6. The summed E-state index contributed by atoms with van der Waals surface area (Å²) in [7, 11) is 6.57. The van der Waals surface area contributed by atoms with Crippen molar-refractivity contribution in [2.45, 2.75) is 6.54 Å². The van der Waals surface area contributed by atoms with Crippen molar-refractivity contribution in [2.75, 3.05) is 28.3 Å². The maximum Gasteiger partial charge on any atom is 0.242 e. The summed E-state index contributed by atoms with van der Waals surface area (Å²) >= 11 is 5.27. The molecule has 0 spiro atoms. The highest BCUT2D eigenvalue weighted by Gasteiger charge is 2.14. The smallest absolute Gasteiger partial charge is 0.242 e. The topological polar surface area (TPSA) is 59.5 Å². The van der Waals surface area contributed by atoms with Gasteiger partial charge in [-0.15, -0.1) is 0 Å². The molecule has 2 aromatic rings. The van der Waals surface area contributed by atoms with Gasteiger partial charge in [0.2, 0.25) is 5.91 Å². The molecule has 0 atom stereocenters. The molecular weight excluding hydrogens is 278 g/mol. The van der Waals surface area contributed by atoms with Crippen LogP contribution < -0.4 is 9.47 Å². The van der Waals surface area contributed by atoms with E-state index in [0.29, 0.717) is 16.3 Å². The van der Waals surface area contributed by atoms with E-state index in [1.807, 2.05) is 6.07 Å². The Morgan fingerprint density at radius 3 is 2.45 bits per heavy atom. The average molecular weight is 295 g/mol. The van der Waals surface area contributed by atoms with Crippen molar-refractivity contribution in [1.29, 1.82) is 0 Å². The van der Waals surface area contributed by atoms with Gasteiger partial charge in [0.05, 0.1) is 25.3 Å². The highest BCUT2D eigenvalue weighted by atomic mass is 32.1. The molecule has 1 N–H and O–H groups in total. The summed E-state index contributed by atoms with van der Waals surface area (Å²) in [5.41, 5.74) is 1.61.